The van der Waals surface area contributed by atoms with Crippen LogP contribution >= 0.6 is 27.5 Å². The van der Waals surface area contributed by atoms with Gasteiger partial charge in [0.1, 0.15) is 5.75 Å². The second-order valence-electron chi connectivity index (χ2n) is 7.55. The third-order valence-electron chi connectivity index (χ3n) is 5.95. The fourth-order valence-electron chi connectivity index (χ4n) is 4.37. The van der Waals surface area contributed by atoms with Crippen LogP contribution in [0.4, 0.5) is 0 Å². The topological polar surface area (TPSA) is 32.8 Å². The number of carbonyl (C=O) groups is 1. The number of rotatable bonds is 3. The molecule has 2 atom stereocenters. The molecule has 2 aromatic carbocycles. The van der Waals surface area contributed by atoms with Gasteiger partial charge >= 0.3 is 0 Å². The summed E-state index contributed by atoms with van der Waals surface area (Å²) in [7, 11) is 1.62. The molecule has 0 radical (unpaired) electrons. The molecular weight excluding hydrogens is 440 g/mol. The molecule has 2 aliphatic rings. The highest BCUT2D eigenvalue weighted by Crippen LogP contribution is 2.34. The molecular formula is C22H24BrClN2O2. The molecule has 2 unspecified atom stereocenters. The summed E-state index contributed by atoms with van der Waals surface area (Å²) >= 11 is 9.55. The summed E-state index contributed by atoms with van der Waals surface area (Å²) in [6.07, 6.45) is 2.25. The number of hydrogen-bond acceptors (Lipinski definition) is 3. The van der Waals surface area contributed by atoms with Crippen LogP contribution in [-0.4, -0.2) is 55.0 Å². The molecule has 148 valence electrons. The summed E-state index contributed by atoms with van der Waals surface area (Å²) in [5.74, 6) is 1.31. The van der Waals surface area contributed by atoms with E-state index in [2.05, 4.69) is 33.0 Å². The van der Waals surface area contributed by atoms with E-state index in [0.29, 0.717) is 23.3 Å². The Morgan fingerprint density at radius 2 is 1.89 bits per heavy atom. The number of piperazine rings is 1. The first-order valence-corrected chi connectivity index (χ1v) is 10.8. The van der Waals surface area contributed by atoms with Crippen molar-refractivity contribution in [1.29, 1.82) is 0 Å². The third-order valence-corrected chi connectivity index (χ3v) is 7.02. The zero-order chi connectivity index (χ0) is 19.7. The first-order chi connectivity index (χ1) is 13.6. The normalized spacial score (nSPS) is 22.6. The number of fused-ring (bicyclic) bond motifs is 1. The first-order valence-electron chi connectivity index (χ1n) is 9.68. The zero-order valence-corrected chi connectivity index (χ0v) is 18.2. The van der Waals surface area contributed by atoms with E-state index in [9.17, 15) is 4.79 Å². The van der Waals surface area contributed by atoms with Crippen LogP contribution in [0.15, 0.2) is 46.9 Å². The number of ether oxygens (including phenoxy) is 1. The maximum atomic E-state index is 13.1. The van der Waals surface area contributed by atoms with Crippen molar-refractivity contribution in [2.75, 3.05) is 33.3 Å². The van der Waals surface area contributed by atoms with Gasteiger partial charge in [0, 0.05) is 37.2 Å². The molecule has 28 heavy (non-hydrogen) atoms. The molecule has 2 saturated heterocycles. The van der Waals surface area contributed by atoms with Crippen LogP contribution in [0.3, 0.4) is 0 Å². The summed E-state index contributed by atoms with van der Waals surface area (Å²) in [5, 5.41) is 0.785. The van der Waals surface area contributed by atoms with E-state index in [4.69, 9.17) is 16.3 Å². The van der Waals surface area contributed by atoms with Crippen LogP contribution < -0.4 is 4.74 Å². The Morgan fingerprint density at radius 3 is 2.64 bits per heavy atom. The van der Waals surface area contributed by atoms with Gasteiger partial charge < -0.3 is 9.64 Å². The van der Waals surface area contributed by atoms with E-state index in [1.165, 1.54) is 5.56 Å². The van der Waals surface area contributed by atoms with Gasteiger partial charge in [-0.15, -0.1) is 0 Å². The Labute approximate surface area is 179 Å². The largest absolute Gasteiger partial charge is 0.496 e. The summed E-state index contributed by atoms with van der Waals surface area (Å²) in [4.78, 5) is 17.6. The highest BCUT2D eigenvalue weighted by Gasteiger charge is 2.35. The van der Waals surface area contributed by atoms with E-state index < -0.39 is 0 Å². The standard InChI is InChI=1S/C22H24BrClN2O2/c1-28-20-4-2-3-19(21(20)23)22(27)26-12-11-25-13-16(7-10-18(25)14-26)15-5-8-17(24)9-6-15/h2-6,8-9,16,18H,7,10-14H2,1H3. The lowest BCUT2D eigenvalue weighted by atomic mass is 9.86. The molecule has 2 aliphatic heterocycles. The number of carbonyl (C=O) groups excluding carboxylic acids is 1. The highest BCUT2D eigenvalue weighted by molar-refractivity contribution is 9.10. The summed E-state index contributed by atoms with van der Waals surface area (Å²) < 4.78 is 6.07. The smallest absolute Gasteiger partial charge is 0.255 e. The Hall–Kier alpha value is -1.56. The lowest BCUT2D eigenvalue weighted by molar-refractivity contribution is 0.0328. The number of benzene rings is 2. The van der Waals surface area contributed by atoms with E-state index in [-0.39, 0.29) is 5.91 Å². The van der Waals surface area contributed by atoms with Gasteiger partial charge in [-0.2, -0.15) is 0 Å². The van der Waals surface area contributed by atoms with Crippen molar-refractivity contribution in [3.05, 3.63) is 63.1 Å². The van der Waals surface area contributed by atoms with Gasteiger partial charge in [0.25, 0.3) is 5.91 Å². The number of nitrogens with zero attached hydrogens (tertiary/aromatic N) is 2. The van der Waals surface area contributed by atoms with E-state index >= 15 is 0 Å². The van der Waals surface area contributed by atoms with Crippen molar-refractivity contribution in [3.8, 4) is 5.75 Å². The van der Waals surface area contributed by atoms with Gasteiger partial charge in [-0.25, -0.2) is 0 Å². The Kier molecular flexibility index (Phi) is 5.95. The lowest BCUT2D eigenvalue weighted by Gasteiger charge is -2.46. The van der Waals surface area contributed by atoms with Gasteiger partial charge in [-0.05, 0) is 64.5 Å². The van der Waals surface area contributed by atoms with Crippen molar-refractivity contribution in [2.24, 2.45) is 0 Å². The van der Waals surface area contributed by atoms with Crippen molar-refractivity contribution >= 4 is 33.4 Å². The van der Waals surface area contributed by atoms with E-state index in [1.807, 2.05) is 35.2 Å². The number of methoxy groups -OCH3 is 1. The first kappa shape index (κ1) is 19.7. The highest BCUT2D eigenvalue weighted by atomic mass is 79.9. The van der Waals surface area contributed by atoms with Gasteiger partial charge in [0.2, 0.25) is 0 Å². The fourth-order valence-corrected chi connectivity index (χ4v) is 5.09. The van der Waals surface area contributed by atoms with Crippen molar-refractivity contribution < 1.29 is 9.53 Å². The second-order valence-corrected chi connectivity index (χ2v) is 8.78. The molecule has 1 amide bonds. The predicted molar refractivity (Wildman–Crippen MR) is 115 cm³/mol. The minimum absolute atomic E-state index is 0.0743. The van der Waals surface area contributed by atoms with Gasteiger partial charge in [-0.1, -0.05) is 29.8 Å². The number of piperidine rings is 1. The van der Waals surface area contributed by atoms with Crippen molar-refractivity contribution in [2.45, 2.75) is 24.8 Å². The van der Waals surface area contributed by atoms with E-state index in [1.54, 1.807) is 7.11 Å². The van der Waals surface area contributed by atoms with Crippen LogP contribution in [0.5, 0.6) is 5.75 Å². The molecule has 4 nitrogen and oxygen atoms in total. The summed E-state index contributed by atoms with van der Waals surface area (Å²) in [6, 6.07) is 14.3. The minimum atomic E-state index is 0.0743. The van der Waals surface area contributed by atoms with E-state index in [0.717, 1.165) is 48.5 Å². The van der Waals surface area contributed by atoms with Crippen molar-refractivity contribution in [1.82, 2.24) is 9.80 Å². The van der Waals surface area contributed by atoms with Crippen LogP contribution in [0.1, 0.15) is 34.7 Å². The summed E-state index contributed by atoms with van der Waals surface area (Å²) in [5.41, 5.74) is 2.03. The number of amides is 1. The zero-order valence-electron chi connectivity index (χ0n) is 15.9. The van der Waals surface area contributed by atoms with Crippen LogP contribution in [0.2, 0.25) is 5.02 Å². The molecule has 2 aromatic rings. The molecule has 2 heterocycles. The average molecular weight is 464 g/mol. The molecule has 6 heteroatoms. The third kappa shape index (κ3) is 3.93. The average Bonchev–Trinajstić information content (AvgIpc) is 2.73. The predicted octanol–water partition coefficient (Wildman–Crippen LogP) is 4.82. The molecule has 0 bridgehead atoms. The fraction of sp³-hybridized carbons (Fsp3) is 0.409. The quantitative estimate of drug-likeness (QED) is 0.654. The molecule has 0 aromatic heterocycles. The molecule has 0 N–H and O–H groups in total. The Bertz CT molecular complexity index is 858. The van der Waals surface area contributed by atoms with Gasteiger partial charge in [0.05, 0.1) is 17.1 Å². The van der Waals surface area contributed by atoms with Crippen LogP contribution in [-0.2, 0) is 0 Å². The molecule has 0 aliphatic carbocycles. The molecule has 2 fully saturated rings. The van der Waals surface area contributed by atoms with Crippen LogP contribution in [0, 0.1) is 0 Å². The monoisotopic (exact) mass is 462 g/mol. The SMILES string of the molecule is COc1cccc(C(=O)N2CCN3CC(c4ccc(Cl)cc4)CCC3C2)c1Br. The van der Waals surface area contributed by atoms with Crippen molar-refractivity contribution in [3.63, 3.8) is 0 Å². The summed E-state index contributed by atoms with van der Waals surface area (Å²) in [6.45, 7) is 3.52. The Balaban J connectivity index is 1.42. The number of halogens is 2. The van der Waals surface area contributed by atoms with Crippen LogP contribution in [0.25, 0.3) is 0 Å². The van der Waals surface area contributed by atoms with Gasteiger partial charge in [-0.3, -0.25) is 9.69 Å². The maximum absolute atomic E-state index is 13.1. The maximum Gasteiger partial charge on any atom is 0.255 e. The molecule has 0 saturated carbocycles. The Morgan fingerprint density at radius 1 is 1.11 bits per heavy atom. The number of hydrogen-bond donors (Lipinski definition) is 0. The minimum Gasteiger partial charge on any atom is -0.496 e. The molecule has 0 spiro atoms. The molecule has 4 rings (SSSR count). The second kappa shape index (κ2) is 8.44. The lowest BCUT2D eigenvalue weighted by Crippen LogP contribution is -2.57. The van der Waals surface area contributed by atoms with Gasteiger partial charge in [0.15, 0.2) is 0 Å².